The molecule has 0 spiro atoms. The van der Waals surface area contributed by atoms with Crippen LogP contribution in [0.3, 0.4) is 0 Å². The number of hydrogen-bond donors (Lipinski definition) is 1. The van der Waals surface area contributed by atoms with Crippen LogP contribution in [0.15, 0.2) is 46.9 Å². The van der Waals surface area contributed by atoms with E-state index in [1.165, 1.54) is 0 Å². The molecule has 0 aliphatic carbocycles. The Morgan fingerprint density at radius 1 is 1.17 bits per heavy atom. The number of rotatable bonds is 3. The zero-order chi connectivity index (χ0) is 13.1. The third-order valence-electron chi connectivity index (χ3n) is 2.48. The van der Waals surface area contributed by atoms with E-state index in [0.717, 1.165) is 10.0 Å². The number of benzene rings is 2. The molecule has 0 amide bonds. The first-order valence-electron chi connectivity index (χ1n) is 5.47. The monoisotopic (exact) mass is 326 g/mol. The Hall–Kier alpha value is -1.03. The minimum absolute atomic E-state index is 0.483. The number of hydrogen-bond acceptors (Lipinski definition) is 2. The van der Waals surface area contributed by atoms with E-state index in [0.29, 0.717) is 16.5 Å². The summed E-state index contributed by atoms with van der Waals surface area (Å²) in [5.74, 6) is 1.29. The van der Waals surface area contributed by atoms with Gasteiger partial charge in [0.1, 0.15) is 11.5 Å². The molecule has 0 saturated carbocycles. The molecule has 2 aromatic rings. The molecule has 0 aliphatic heterocycles. The van der Waals surface area contributed by atoms with E-state index in [1.54, 1.807) is 25.1 Å². The largest absolute Gasteiger partial charge is 0.456 e. The van der Waals surface area contributed by atoms with Crippen molar-refractivity contribution in [3.8, 4) is 11.5 Å². The van der Waals surface area contributed by atoms with Gasteiger partial charge < -0.3 is 9.84 Å². The molecule has 0 bridgehead atoms. The van der Waals surface area contributed by atoms with Crippen LogP contribution in [0.4, 0.5) is 0 Å². The summed E-state index contributed by atoms with van der Waals surface area (Å²) in [6.45, 7) is 1.70. The average molecular weight is 328 g/mol. The maximum absolute atomic E-state index is 9.45. The lowest BCUT2D eigenvalue weighted by atomic mass is 10.1. The molecule has 0 saturated heterocycles. The second-order valence-electron chi connectivity index (χ2n) is 3.92. The van der Waals surface area contributed by atoms with Gasteiger partial charge in [-0.25, -0.2) is 0 Å². The van der Waals surface area contributed by atoms with Gasteiger partial charge in [0.2, 0.25) is 0 Å². The van der Waals surface area contributed by atoms with Gasteiger partial charge >= 0.3 is 0 Å². The van der Waals surface area contributed by atoms with Crippen molar-refractivity contribution in [1.82, 2.24) is 0 Å². The van der Waals surface area contributed by atoms with Crippen LogP contribution in [0, 0.1) is 0 Å². The SMILES string of the molecule is C[C@@H](O)c1ccc(Oc2ccc(Br)cc2)c(Cl)c1. The first-order valence-corrected chi connectivity index (χ1v) is 6.64. The summed E-state index contributed by atoms with van der Waals surface area (Å²) in [6.07, 6.45) is -0.538. The van der Waals surface area contributed by atoms with Gasteiger partial charge in [0, 0.05) is 4.47 Å². The third kappa shape index (κ3) is 3.25. The first kappa shape index (κ1) is 13.4. The number of ether oxygens (including phenoxy) is 1. The van der Waals surface area contributed by atoms with E-state index in [4.69, 9.17) is 16.3 Å². The minimum atomic E-state index is -0.538. The molecule has 0 aliphatic rings. The Morgan fingerprint density at radius 3 is 2.39 bits per heavy atom. The van der Waals surface area contributed by atoms with Gasteiger partial charge in [-0.15, -0.1) is 0 Å². The molecule has 0 unspecified atom stereocenters. The van der Waals surface area contributed by atoms with E-state index in [9.17, 15) is 5.11 Å². The summed E-state index contributed by atoms with van der Waals surface area (Å²) in [6, 6.07) is 12.8. The molecule has 2 rings (SSSR count). The van der Waals surface area contributed by atoms with E-state index in [-0.39, 0.29) is 0 Å². The van der Waals surface area contributed by atoms with Crippen molar-refractivity contribution in [2.75, 3.05) is 0 Å². The lowest BCUT2D eigenvalue weighted by Crippen LogP contribution is -1.92. The highest BCUT2D eigenvalue weighted by atomic mass is 79.9. The van der Waals surface area contributed by atoms with Gasteiger partial charge in [0.15, 0.2) is 0 Å². The highest BCUT2D eigenvalue weighted by Gasteiger charge is 2.07. The van der Waals surface area contributed by atoms with Gasteiger partial charge in [0.25, 0.3) is 0 Å². The highest BCUT2D eigenvalue weighted by molar-refractivity contribution is 9.10. The fraction of sp³-hybridized carbons (Fsp3) is 0.143. The lowest BCUT2D eigenvalue weighted by Gasteiger charge is -2.10. The topological polar surface area (TPSA) is 29.5 Å². The summed E-state index contributed by atoms with van der Waals surface area (Å²) in [4.78, 5) is 0. The van der Waals surface area contributed by atoms with E-state index in [1.807, 2.05) is 24.3 Å². The normalized spacial score (nSPS) is 12.2. The molecular formula is C14H12BrClO2. The summed E-state index contributed by atoms with van der Waals surface area (Å²) in [5.41, 5.74) is 0.767. The zero-order valence-electron chi connectivity index (χ0n) is 9.73. The van der Waals surface area contributed by atoms with Crippen molar-refractivity contribution in [2.45, 2.75) is 13.0 Å². The van der Waals surface area contributed by atoms with Crippen LogP contribution in [0.25, 0.3) is 0 Å². The molecule has 0 heterocycles. The van der Waals surface area contributed by atoms with Crippen LogP contribution >= 0.6 is 27.5 Å². The quantitative estimate of drug-likeness (QED) is 0.864. The Kier molecular flexibility index (Phi) is 4.27. The van der Waals surface area contributed by atoms with E-state index >= 15 is 0 Å². The van der Waals surface area contributed by atoms with Crippen molar-refractivity contribution >= 4 is 27.5 Å². The van der Waals surface area contributed by atoms with Crippen molar-refractivity contribution in [1.29, 1.82) is 0 Å². The van der Waals surface area contributed by atoms with Crippen LogP contribution in [0.1, 0.15) is 18.6 Å². The summed E-state index contributed by atoms with van der Waals surface area (Å²) in [7, 11) is 0. The Bertz CT molecular complexity index is 538. The maximum Gasteiger partial charge on any atom is 0.146 e. The summed E-state index contributed by atoms with van der Waals surface area (Å²) in [5, 5.41) is 9.94. The predicted octanol–water partition coefficient (Wildman–Crippen LogP) is 4.95. The second-order valence-corrected chi connectivity index (χ2v) is 5.24. The standard InChI is InChI=1S/C14H12BrClO2/c1-9(17)10-2-7-14(13(16)8-10)18-12-5-3-11(15)4-6-12/h2-9,17H,1H3/t9-/m1/s1. The van der Waals surface area contributed by atoms with Crippen LogP contribution < -0.4 is 4.74 Å². The van der Waals surface area contributed by atoms with E-state index < -0.39 is 6.10 Å². The Balaban J connectivity index is 2.22. The van der Waals surface area contributed by atoms with Gasteiger partial charge in [-0.1, -0.05) is 33.6 Å². The Labute approximate surface area is 119 Å². The van der Waals surface area contributed by atoms with Gasteiger partial charge in [-0.3, -0.25) is 0 Å². The molecular weight excluding hydrogens is 316 g/mol. The van der Waals surface area contributed by atoms with Crippen LogP contribution in [0.2, 0.25) is 5.02 Å². The molecule has 2 aromatic carbocycles. The molecule has 0 aromatic heterocycles. The predicted molar refractivity (Wildman–Crippen MR) is 76.3 cm³/mol. The summed E-state index contributed by atoms with van der Waals surface area (Å²) < 4.78 is 6.66. The number of aliphatic hydroxyl groups is 1. The molecule has 0 fully saturated rings. The molecule has 94 valence electrons. The molecule has 4 heteroatoms. The Morgan fingerprint density at radius 2 is 1.83 bits per heavy atom. The van der Waals surface area contributed by atoms with Crippen molar-refractivity contribution in [3.63, 3.8) is 0 Å². The average Bonchev–Trinajstić information content (AvgIpc) is 2.34. The fourth-order valence-corrected chi connectivity index (χ4v) is 1.98. The molecule has 0 radical (unpaired) electrons. The number of aliphatic hydroxyl groups excluding tert-OH is 1. The fourth-order valence-electron chi connectivity index (χ4n) is 1.49. The highest BCUT2D eigenvalue weighted by Crippen LogP contribution is 2.32. The summed E-state index contributed by atoms with van der Waals surface area (Å²) >= 11 is 9.47. The van der Waals surface area contributed by atoms with Gasteiger partial charge in [-0.05, 0) is 48.9 Å². The maximum atomic E-state index is 9.45. The molecule has 1 N–H and O–H groups in total. The van der Waals surface area contributed by atoms with Crippen LogP contribution in [-0.2, 0) is 0 Å². The van der Waals surface area contributed by atoms with Crippen molar-refractivity contribution in [2.24, 2.45) is 0 Å². The minimum Gasteiger partial charge on any atom is -0.456 e. The molecule has 1 atom stereocenters. The van der Waals surface area contributed by atoms with E-state index in [2.05, 4.69) is 15.9 Å². The van der Waals surface area contributed by atoms with Crippen LogP contribution in [-0.4, -0.2) is 5.11 Å². The van der Waals surface area contributed by atoms with Crippen LogP contribution in [0.5, 0.6) is 11.5 Å². The number of halogens is 2. The first-order chi connectivity index (χ1) is 8.56. The molecule has 2 nitrogen and oxygen atoms in total. The third-order valence-corrected chi connectivity index (χ3v) is 3.30. The van der Waals surface area contributed by atoms with Crippen molar-refractivity contribution in [3.05, 3.63) is 57.5 Å². The van der Waals surface area contributed by atoms with Gasteiger partial charge in [-0.2, -0.15) is 0 Å². The zero-order valence-corrected chi connectivity index (χ0v) is 12.1. The smallest absolute Gasteiger partial charge is 0.146 e. The van der Waals surface area contributed by atoms with Crippen molar-refractivity contribution < 1.29 is 9.84 Å². The second kappa shape index (κ2) is 5.74. The van der Waals surface area contributed by atoms with Gasteiger partial charge in [0.05, 0.1) is 11.1 Å². The lowest BCUT2D eigenvalue weighted by molar-refractivity contribution is 0.199. The molecule has 18 heavy (non-hydrogen) atoms.